The summed E-state index contributed by atoms with van der Waals surface area (Å²) in [5, 5.41) is 6.29. The van der Waals surface area contributed by atoms with Crippen molar-refractivity contribution in [3.63, 3.8) is 0 Å². The van der Waals surface area contributed by atoms with Crippen LogP contribution in [0.2, 0.25) is 0 Å². The number of anilines is 2. The van der Waals surface area contributed by atoms with E-state index in [0.717, 1.165) is 33.7 Å². The Hall–Kier alpha value is -3.68. The minimum Gasteiger partial charge on any atom is -0.369 e. The Kier molecular flexibility index (Phi) is 5.01. The molecule has 0 amide bonds. The smallest absolute Gasteiger partial charge is 0.222 e. The van der Waals surface area contributed by atoms with Gasteiger partial charge in [0.05, 0.1) is 16.7 Å². The molecule has 0 aromatic carbocycles. The van der Waals surface area contributed by atoms with E-state index >= 15 is 0 Å². The van der Waals surface area contributed by atoms with Crippen LogP contribution in [-0.2, 0) is 0 Å². The zero-order valence-electron chi connectivity index (χ0n) is 15.7. The van der Waals surface area contributed by atoms with E-state index in [4.69, 9.17) is 0 Å². The molecule has 4 heterocycles. The average Bonchev–Trinajstić information content (AvgIpc) is 2.77. The highest BCUT2D eigenvalue weighted by atomic mass is 15.1. The lowest BCUT2D eigenvalue weighted by Gasteiger charge is -2.15. The molecule has 28 heavy (non-hydrogen) atoms. The van der Waals surface area contributed by atoms with Gasteiger partial charge in [-0.25, -0.2) is 19.9 Å². The third kappa shape index (κ3) is 3.71. The number of rotatable bonds is 6. The van der Waals surface area contributed by atoms with Gasteiger partial charge in [-0.1, -0.05) is 6.92 Å². The Morgan fingerprint density at radius 2 is 1.82 bits per heavy atom. The van der Waals surface area contributed by atoms with Crippen molar-refractivity contribution in [3.05, 3.63) is 60.9 Å². The summed E-state index contributed by atoms with van der Waals surface area (Å²) < 4.78 is 0. The van der Waals surface area contributed by atoms with E-state index in [1.54, 1.807) is 25.6 Å². The number of nitrogens with zero attached hydrogens (tertiary/aromatic N) is 6. The van der Waals surface area contributed by atoms with Crippen LogP contribution < -0.4 is 10.6 Å². The maximum absolute atomic E-state index is 4.49. The third-order valence-corrected chi connectivity index (χ3v) is 4.49. The largest absolute Gasteiger partial charge is 0.369 e. The number of hydrogen-bond acceptors (Lipinski definition) is 8. The van der Waals surface area contributed by atoms with Gasteiger partial charge in [-0.05, 0) is 23.8 Å². The Morgan fingerprint density at radius 3 is 2.64 bits per heavy atom. The molecule has 0 bridgehead atoms. The van der Waals surface area contributed by atoms with Crippen LogP contribution in [0.15, 0.2) is 55.4 Å². The average molecular weight is 372 g/mol. The van der Waals surface area contributed by atoms with Gasteiger partial charge in [-0.2, -0.15) is 0 Å². The van der Waals surface area contributed by atoms with Gasteiger partial charge in [0.25, 0.3) is 0 Å². The Balaban J connectivity index is 1.50. The van der Waals surface area contributed by atoms with Crippen molar-refractivity contribution in [2.75, 3.05) is 24.2 Å². The summed E-state index contributed by atoms with van der Waals surface area (Å²) in [5.74, 6) is 1.56. The van der Waals surface area contributed by atoms with E-state index in [0.29, 0.717) is 12.5 Å². The lowest BCUT2D eigenvalue weighted by atomic mass is 10.0. The van der Waals surface area contributed by atoms with E-state index < -0.39 is 0 Å². The summed E-state index contributed by atoms with van der Waals surface area (Å²) >= 11 is 0. The zero-order chi connectivity index (χ0) is 19.3. The highest BCUT2D eigenvalue weighted by Gasteiger charge is 2.12. The monoisotopic (exact) mass is 372 g/mol. The van der Waals surface area contributed by atoms with Crippen molar-refractivity contribution in [2.45, 2.75) is 12.8 Å². The predicted octanol–water partition coefficient (Wildman–Crippen LogP) is 3.13. The van der Waals surface area contributed by atoms with Crippen LogP contribution in [0.3, 0.4) is 0 Å². The van der Waals surface area contributed by atoms with Crippen LogP contribution in [0.25, 0.3) is 22.3 Å². The number of pyridine rings is 2. The summed E-state index contributed by atoms with van der Waals surface area (Å²) in [6.45, 7) is 2.87. The van der Waals surface area contributed by atoms with E-state index in [1.807, 2.05) is 30.5 Å². The molecule has 0 aliphatic rings. The standard InChI is InChI=1S/C20H20N8/c1-13(15-5-7-22-16-4-3-6-23-19(15)16)9-24-18-8-17(27-12-28-18)14-10-25-20(21-2)26-11-14/h3-8,10-13H,9H2,1-2H3,(H,21,25,26)(H,24,27,28)/t13-/m1/s1. The van der Waals surface area contributed by atoms with Crippen LogP contribution in [0.1, 0.15) is 18.4 Å². The zero-order valence-corrected chi connectivity index (χ0v) is 15.7. The van der Waals surface area contributed by atoms with E-state index in [1.165, 1.54) is 6.33 Å². The second-order valence-electron chi connectivity index (χ2n) is 6.39. The molecule has 8 heteroatoms. The number of aromatic nitrogens is 6. The highest BCUT2D eigenvalue weighted by Crippen LogP contribution is 2.23. The molecule has 8 nitrogen and oxygen atoms in total. The second kappa shape index (κ2) is 7.91. The first-order valence-corrected chi connectivity index (χ1v) is 9.00. The molecule has 4 aromatic heterocycles. The van der Waals surface area contributed by atoms with Crippen LogP contribution >= 0.6 is 0 Å². The molecule has 0 radical (unpaired) electrons. The fourth-order valence-corrected chi connectivity index (χ4v) is 2.97. The van der Waals surface area contributed by atoms with E-state index in [-0.39, 0.29) is 5.92 Å². The quantitative estimate of drug-likeness (QED) is 0.532. The summed E-state index contributed by atoms with van der Waals surface area (Å²) in [5.41, 5.74) is 4.60. The SMILES string of the molecule is CNc1ncc(-c2cc(NC[C@@H](C)c3ccnc4cccnc34)ncn2)cn1. The minimum absolute atomic E-state index is 0.233. The van der Waals surface area contributed by atoms with Crippen molar-refractivity contribution in [2.24, 2.45) is 0 Å². The summed E-state index contributed by atoms with van der Waals surface area (Å²) in [6, 6.07) is 7.79. The summed E-state index contributed by atoms with van der Waals surface area (Å²) in [7, 11) is 1.78. The molecule has 0 aliphatic heterocycles. The molecule has 0 fully saturated rings. The van der Waals surface area contributed by atoms with Gasteiger partial charge < -0.3 is 10.6 Å². The number of hydrogen-bond donors (Lipinski definition) is 2. The fraction of sp³-hybridized carbons (Fsp3) is 0.200. The number of fused-ring (bicyclic) bond motifs is 1. The van der Waals surface area contributed by atoms with Crippen molar-refractivity contribution < 1.29 is 0 Å². The third-order valence-electron chi connectivity index (χ3n) is 4.49. The molecule has 0 saturated heterocycles. The van der Waals surface area contributed by atoms with Crippen LogP contribution in [0.5, 0.6) is 0 Å². The topological polar surface area (TPSA) is 101 Å². The van der Waals surface area contributed by atoms with Crippen LogP contribution in [0.4, 0.5) is 11.8 Å². The normalized spacial score (nSPS) is 11.9. The van der Waals surface area contributed by atoms with E-state index in [9.17, 15) is 0 Å². The van der Waals surface area contributed by atoms with Gasteiger partial charge in [0.15, 0.2) is 0 Å². The summed E-state index contributed by atoms with van der Waals surface area (Å²) in [4.78, 5) is 26.0. The fourth-order valence-electron chi connectivity index (χ4n) is 2.97. The van der Waals surface area contributed by atoms with Gasteiger partial charge >= 0.3 is 0 Å². The lowest BCUT2D eigenvalue weighted by molar-refractivity contribution is 0.804. The molecule has 0 unspecified atom stereocenters. The molecule has 0 saturated carbocycles. The van der Waals surface area contributed by atoms with Gasteiger partial charge in [0.1, 0.15) is 12.1 Å². The van der Waals surface area contributed by atoms with Crippen molar-refractivity contribution in [1.29, 1.82) is 0 Å². The van der Waals surface area contributed by atoms with Crippen LogP contribution in [0, 0.1) is 0 Å². The van der Waals surface area contributed by atoms with Crippen molar-refractivity contribution in [3.8, 4) is 11.3 Å². The molecule has 4 aromatic rings. The van der Waals surface area contributed by atoms with Gasteiger partial charge in [0.2, 0.25) is 5.95 Å². The molecule has 2 N–H and O–H groups in total. The van der Waals surface area contributed by atoms with Crippen molar-refractivity contribution >= 4 is 22.8 Å². The van der Waals surface area contributed by atoms with Gasteiger partial charge in [-0.15, -0.1) is 0 Å². The molecular weight excluding hydrogens is 352 g/mol. The maximum Gasteiger partial charge on any atom is 0.222 e. The molecule has 0 aliphatic carbocycles. The molecule has 4 rings (SSSR count). The molecular formula is C20H20N8. The number of nitrogens with one attached hydrogen (secondary N) is 2. The Labute approximate surface area is 162 Å². The highest BCUT2D eigenvalue weighted by molar-refractivity contribution is 5.77. The first-order chi connectivity index (χ1) is 13.7. The van der Waals surface area contributed by atoms with Gasteiger partial charge in [0, 0.05) is 55.9 Å². The van der Waals surface area contributed by atoms with Crippen molar-refractivity contribution in [1.82, 2.24) is 29.9 Å². The molecule has 140 valence electrons. The minimum atomic E-state index is 0.233. The molecule has 1 atom stereocenters. The first-order valence-electron chi connectivity index (χ1n) is 9.00. The summed E-state index contributed by atoms with van der Waals surface area (Å²) in [6.07, 6.45) is 8.64. The van der Waals surface area contributed by atoms with Gasteiger partial charge in [-0.3, -0.25) is 9.97 Å². The Morgan fingerprint density at radius 1 is 0.964 bits per heavy atom. The lowest BCUT2D eigenvalue weighted by Crippen LogP contribution is -2.12. The molecule has 0 spiro atoms. The van der Waals surface area contributed by atoms with E-state index in [2.05, 4.69) is 47.5 Å². The predicted molar refractivity (Wildman–Crippen MR) is 109 cm³/mol. The second-order valence-corrected chi connectivity index (χ2v) is 6.39. The van der Waals surface area contributed by atoms with Crippen LogP contribution in [-0.4, -0.2) is 43.5 Å². The first kappa shape index (κ1) is 17.7. The Bertz CT molecular complexity index is 1080. The maximum atomic E-state index is 4.49.